The van der Waals surface area contributed by atoms with Crippen LogP contribution in [0.2, 0.25) is 0 Å². The zero-order valence-electron chi connectivity index (χ0n) is 8.60. The molecular formula is C11H22N2. The largest absolute Gasteiger partial charge is 0.325 e. The van der Waals surface area contributed by atoms with Crippen LogP contribution in [-0.4, -0.2) is 30.1 Å². The van der Waals surface area contributed by atoms with Crippen LogP contribution < -0.4 is 5.73 Å². The van der Waals surface area contributed by atoms with Crippen molar-refractivity contribution in [1.29, 1.82) is 0 Å². The van der Waals surface area contributed by atoms with Gasteiger partial charge in [-0.25, -0.2) is 0 Å². The highest BCUT2D eigenvalue weighted by molar-refractivity contribution is 4.93. The molecule has 0 aromatic carbocycles. The van der Waals surface area contributed by atoms with E-state index in [4.69, 9.17) is 5.73 Å². The highest BCUT2D eigenvalue weighted by Crippen LogP contribution is 2.32. The van der Waals surface area contributed by atoms with Crippen molar-refractivity contribution in [3.8, 4) is 0 Å². The molecule has 1 saturated heterocycles. The molecule has 2 aliphatic rings. The Hall–Kier alpha value is -0.0800. The van der Waals surface area contributed by atoms with E-state index >= 15 is 0 Å². The van der Waals surface area contributed by atoms with Gasteiger partial charge in [-0.3, -0.25) is 0 Å². The van der Waals surface area contributed by atoms with E-state index < -0.39 is 0 Å². The number of nitrogens with two attached hydrogens (primary N) is 1. The summed E-state index contributed by atoms with van der Waals surface area (Å²) in [5.41, 5.74) is 6.43. The summed E-state index contributed by atoms with van der Waals surface area (Å²) in [4.78, 5) is 2.59. The highest BCUT2D eigenvalue weighted by atomic mass is 15.1. The molecule has 1 heterocycles. The van der Waals surface area contributed by atoms with Crippen molar-refractivity contribution in [3.63, 3.8) is 0 Å². The SMILES string of the molecule is NC1(CCN2CCCCC2)CCC1. The Morgan fingerprint density at radius 1 is 1.00 bits per heavy atom. The van der Waals surface area contributed by atoms with Gasteiger partial charge in [-0.15, -0.1) is 0 Å². The topological polar surface area (TPSA) is 29.3 Å². The first kappa shape index (κ1) is 9.47. The molecule has 2 rings (SSSR count). The van der Waals surface area contributed by atoms with Crippen molar-refractivity contribution in [2.24, 2.45) is 5.73 Å². The van der Waals surface area contributed by atoms with Gasteiger partial charge in [0.15, 0.2) is 0 Å². The predicted molar refractivity (Wildman–Crippen MR) is 55.7 cm³/mol. The third kappa shape index (κ3) is 2.44. The standard InChI is InChI=1S/C11H22N2/c12-11(5-4-6-11)7-10-13-8-2-1-3-9-13/h1-10,12H2. The molecular weight excluding hydrogens is 160 g/mol. The number of hydrogen-bond acceptors (Lipinski definition) is 2. The second kappa shape index (κ2) is 3.97. The molecule has 0 unspecified atom stereocenters. The Morgan fingerprint density at radius 3 is 2.23 bits per heavy atom. The van der Waals surface area contributed by atoms with Crippen LogP contribution in [0, 0.1) is 0 Å². The van der Waals surface area contributed by atoms with E-state index in [1.807, 2.05) is 0 Å². The lowest BCUT2D eigenvalue weighted by Gasteiger charge is -2.40. The molecule has 0 bridgehead atoms. The molecule has 0 radical (unpaired) electrons. The van der Waals surface area contributed by atoms with Gasteiger partial charge in [0.05, 0.1) is 0 Å². The summed E-state index contributed by atoms with van der Waals surface area (Å²) in [6.45, 7) is 3.88. The summed E-state index contributed by atoms with van der Waals surface area (Å²) in [6, 6.07) is 0. The van der Waals surface area contributed by atoms with Crippen LogP contribution in [0.3, 0.4) is 0 Å². The van der Waals surface area contributed by atoms with Gasteiger partial charge in [-0.2, -0.15) is 0 Å². The maximum absolute atomic E-state index is 6.19. The number of hydrogen-bond donors (Lipinski definition) is 1. The van der Waals surface area contributed by atoms with E-state index in [9.17, 15) is 0 Å². The zero-order chi connectivity index (χ0) is 9.15. The molecule has 76 valence electrons. The zero-order valence-corrected chi connectivity index (χ0v) is 8.60. The van der Waals surface area contributed by atoms with Crippen LogP contribution in [0.25, 0.3) is 0 Å². The summed E-state index contributed by atoms with van der Waals surface area (Å²) < 4.78 is 0. The summed E-state index contributed by atoms with van der Waals surface area (Å²) in [7, 11) is 0. The maximum atomic E-state index is 6.19. The molecule has 1 saturated carbocycles. The van der Waals surface area contributed by atoms with Crippen LogP contribution in [0.1, 0.15) is 44.9 Å². The van der Waals surface area contributed by atoms with E-state index in [-0.39, 0.29) is 5.54 Å². The van der Waals surface area contributed by atoms with Gasteiger partial charge in [-0.05, 0) is 58.2 Å². The Balaban J connectivity index is 1.66. The third-order valence-electron chi connectivity index (χ3n) is 3.72. The van der Waals surface area contributed by atoms with E-state index in [0.29, 0.717) is 0 Å². The minimum Gasteiger partial charge on any atom is -0.325 e. The molecule has 2 fully saturated rings. The average Bonchev–Trinajstić information content (AvgIpc) is 2.13. The second-order valence-electron chi connectivity index (χ2n) is 4.87. The Morgan fingerprint density at radius 2 is 1.69 bits per heavy atom. The Labute approximate surface area is 81.5 Å². The second-order valence-corrected chi connectivity index (χ2v) is 4.87. The third-order valence-corrected chi connectivity index (χ3v) is 3.72. The first-order chi connectivity index (χ1) is 6.29. The molecule has 13 heavy (non-hydrogen) atoms. The predicted octanol–water partition coefficient (Wildman–Crippen LogP) is 1.74. The molecule has 1 aliphatic carbocycles. The monoisotopic (exact) mass is 182 g/mol. The van der Waals surface area contributed by atoms with E-state index in [2.05, 4.69) is 4.90 Å². The van der Waals surface area contributed by atoms with Crippen molar-refractivity contribution in [2.75, 3.05) is 19.6 Å². The quantitative estimate of drug-likeness (QED) is 0.720. The van der Waals surface area contributed by atoms with E-state index in [1.165, 1.54) is 64.6 Å². The first-order valence-corrected chi connectivity index (χ1v) is 5.80. The van der Waals surface area contributed by atoms with Gasteiger partial charge >= 0.3 is 0 Å². The van der Waals surface area contributed by atoms with Crippen LogP contribution >= 0.6 is 0 Å². The summed E-state index contributed by atoms with van der Waals surface area (Å²) >= 11 is 0. The molecule has 0 amide bonds. The number of rotatable bonds is 3. The van der Waals surface area contributed by atoms with Crippen molar-refractivity contribution in [2.45, 2.75) is 50.5 Å². The maximum Gasteiger partial charge on any atom is 0.0166 e. The van der Waals surface area contributed by atoms with E-state index in [0.717, 1.165) is 0 Å². The van der Waals surface area contributed by atoms with Crippen molar-refractivity contribution in [3.05, 3.63) is 0 Å². The molecule has 0 spiro atoms. The lowest BCUT2D eigenvalue weighted by atomic mass is 9.75. The van der Waals surface area contributed by atoms with Gasteiger partial charge in [0.1, 0.15) is 0 Å². The minimum atomic E-state index is 0.234. The van der Waals surface area contributed by atoms with Gasteiger partial charge in [0.25, 0.3) is 0 Å². The van der Waals surface area contributed by atoms with Gasteiger partial charge in [0.2, 0.25) is 0 Å². The van der Waals surface area contributed by atoms with Gasteiger partial charge in [0, 0.05) is 5.54 Å². The molecule has 0 atom stereocenters. The summed E-state index contributed by atoms with van der Waals surface area (Å²) in [5, 5.41) is 0. The molecule has 0 aromatic heterocycles. The summed E-state index contributed by atoms with van der Waals surface area (Å²) in [6.07, 6.45) is 9.35. The fourth-order valence-electron chi connectivity index (χ4n) is 2.44. The lowest BCUT2D eigenvalue weighted by molar-refractivity contribution is 0.165. The highest BCUT2D eigenvalue weighted by Gasteiger charge is 2.32. The number of piperidine rings is 1. The van der Waals surface area contributed by atoms with Crippen LogP contribution in [-0.2, 0) is 0 Å². The van der Waals surface area contributed by atoms with Crippen LogP contribution in [0.5, 0.6) is 0 Å². The summed E-state index contributed by atoms with van der Waals surface area (Å²) in [5.74, 6) is 0. The molecule has 1 aliphatic heterocycles. The van der Waals surface area contributed by atoms with Gasteiger partial charge in [-0.1, -0.05) is 6.42 Å². The molecule has 0 aromatic rings. The fourth-order valence-corrected chi connectivity index (χ4v) is 2.44. The number of likely N-dealkylation sites (tertiary alicyclic amines) is 1. The van der Waals surface area contributed by atoms with Crippen molar-refractivity contribution in [1.82, 2.24) is 4.90 Å². The Kier molecular flexibility index (Phi) is 2.89. The van der Waals surface area contributed by atoms with Crippen molar-refractivity contribution < 1.29 is 0 Å². The smallest absolute Gasteiger partial charge is 0.0166 e. The minimum absolute atomic E-state index is 0.234. The first-order valence-electron chi connectivity index (χ1n) is 5.80. The lowest BCUT2D eigenvalue weighted by Crippen LogP contribution is -2.49. The molecule has 2 N–H and O–H groups in total. The molecule has 2 heteroatoms. The average molecular weight is 182 g/mol. The van der Waals surface area contributed by atoms with Gasteiger partial charge < -0.3 is 10.6 Å². The van der Waals surface area contributed by atoms with E-state index in [1.54, 1.807) is 0 Å². The Bertz CT molecular complexity index is 157. The molecule has 2 nitrogen and oxygen atoms in total. The normalized spacial score (nSPS) is 28.4. The fraction of sp³-hybridized carbons (Fsp3) is 1.00. The number of nitrogens with zero attached hydrogens (tertiary/aromatic N) is 1. The van der Waals surface area contributed by atoms with Crippen LogP contribution in [0.4, 0.5) is 0 Å². The van der Waals surface area contributed by atoms with Crippen LogP contribution in [0.15, 0.2) is 0 Å². The van der Waals surface area contributed by atoms with Crippen molar-refractivity contribution >= 4 is 0 Å².